The highest BCUT2D eigenvalue weighted by atomic mass is 32.1. The van der Waals surface area contributed by atoms with Crippen LogP contribution < -0.4 is 10.2 Å². The van der Waals surface area contributed by atoms with Gasteiger partial charge in [-0.05, 0) is 31.9 Å². The molecule has 0 unspecified atom stereocenters. The lowest BCUT2D eigenvalue weighted by Gasteiger charge is -2.30. The summed E-state index contributed by atoms with van der Waals surface area (Å²) in [7, 11) is 0. The Hall–Kier alpha value is -2.48. The van der Waals surface area contributed by atoms with Crippen LogP contribution in [0.2, 0.25) is 0 Å². The van der Waals surface area contributed by atoms with Crippen LogP contribution in [0, 0.1) is 12.8 Å². The molecule has 3 aromatic heterocycles. The number of oxazole rings is 1. The number of thiazole rings is 1. The van der Waals surface area contributed by atoms with Gasteiger partial charge < -0.3 is 14.6 Å². The van der Waals surface area contributed by atoms with Crippen LogP contribution in [0.4, 0.5) is 6.01 Å². The number of fused-ring (bicyclic) bond motifs is 1. The number of anilines is 1. The van der Waals surface area contributed by atoms with Crippen LogP contribution in [0.3, 0.4) is 0 Å². The van der Waals surface area contributed by atoms with Gasteiger partial charge in [0.05, 0.1) is 5.01 Å². The van der Waals surface area contributed by atoms with Gasteiger partial charge >= 0.3 is 0 Å². The molecule has 3 aromatic rings. The molecule has 0 aliphatic carbocycles. The lowest BCUT2D eigenvalue weighted by Crippen LogP contribution is -2.41. The first-order valence-corrected chi connectivity index (χ1v) is 9.72. The van der Waals surface area contributed by atoms with E-state index in [-0.39, 0.29) is 11.8 Å². The van der Waals surface area contributed by atoms with E-state index in [1.165, 1.54) is 0 Å². The maximum atomic E-state index is 12.4. The van der Waals surface area contributed by atoms with Crippen molar-refractivity contribution in [3.63, 3.8) is 0 Å². The van der Waals surface area contributed by atoms with E-state index in [1.54, 1.807) is 17.5 Å². The minimum absolute atomic E-state index is 0.0484. The zero-order valence-electron chi connectivity index (χ0n) is 14.6. The van der Waals surface area contributed by atoms with Crippen LogP contribution in [0.25, 0.3) is 11.2 Å². The summed E-state index contributed by atoms with van der Waals surface area (Å²) in [6, 6.07) is 4.41. The zero-order valence-corrected chi connectivity index (χ0v) is 15.5. The summed E-state index contributed by atoms with van der Waals surface area (Å²) in [5, 5.41) is 6.04. The molecule has 1 aliphatic rings. The molecule has 0 bridgehead atoms. The van der Waals surface area contributed by atoms with Crippen molar-refractivity contribution in [1.82, 2.24) is 20.3 Å². The molecule has 1 N–H and O–H groups in total. The first-order valence-electron chi connectivity index (χ1n) is 8.84. The van der Waals surface area contributed by atoms with Gasteiger partial charge in [-0.1, -0.05) is 0 Å². The Morgan fingerprint density at radius 3 is 2.96 bits per heavy atom. The van der Waals surface area contributed by atoms with E-state index in [0.717, 1.165) is 43.1 Å². The number of carbonyl (C=O) groups excluding carboxylic acids is 1. The summed E-state index contributed by atoms with van der Waals surface area (Å²) in [4.78, 5) is 27.6. The van der Waals surface area contributed by atoms with E-state index < -0.39 is 0 Å². The predicted octanol–water partition coefficient (Wildman–Crippen LogP) is 2.56. The summed E-state index contributed by atoms with van der Waals surface area (Å²) in [6.07, 6.45) is 4.18. The van der Waals surface area contributed by atoms with Crippen molar-refractivity contribution < 1.29 is 9.21 Å². The van der Waals surface area contributed by atoms with Crippen molar-refractivity contribution in [3.05, 3.63) is 34.4 Å². The normalized spacial score (nSPS) is 15.5. The SMILES string of the molecule is Cc1ccc2oc(N3CCC(C(=O)NCCc4nccs4)CC3)nc2n1. The smallest absolute Gasteiger partial charge is 0.299 e. The highest BCUT2D eigenvalue weighted by molar-refractivity contribution is 7.09. The molecule has 0 atom stereocenters. The topological polar surface area (TPSA) is 84.2 Å². The van der Waals surface area contributed by atoms with Gasteiger partial charge in [0.25, 0.3) is 6.01 Å². The Morgan fingerprint density at radius 2 is 2.19 bits per heavy atom. The average Bonchev–Trinajstić information content (AvgIpc) is 3.31. The van der Waals surface area contributed by atoms with Gasteiger partial charge in [0, 0.05) is 49.2 Å². The Kier molecular flexibility index (Phi) is 4.83. The first kappa shape index (κ1) is 17.0. The number of nitrogens with zero attached hydrogens (tertiary/aromatic N) is 4. The van der Waals surface area contributed by atoms with Crippen molar-refractivity contribution in [1.29, 1.82) is 0 Å². The Bertz CT molecular complexity index is 884. The number of pyridine rings is 1. The van der Waals surface area contributed by atoms with E-state index in [1.807, 2.05) is 24.4 Å². The summed E-state index contributed by atoms with van der Waals surface area (Å²) in [6.45, 7) is 4.10. The van der Waals surface area contributed by atoms with E-state index in [9.17, 15) is 4.79 Å². The van der Waals surface area contributed by atoms with Crippen molar-refractivity contribution in [3.8, 4) is 0 Å². The number of carbonyl (C=O) groups is 1. The molecule has 8 heteroatoms. The minimum atomic E-state index is 0.0484. The lowest BCUT2D eigenvalue weighted by atomic mass is 9.96. The molecule has 7 nitrogen and oxygen atoms in total. The summed E-state index contributed by atoms with van der Waals surface area (Å²) >= 11 is 1.62. The van der Waals surface area contributed by atoms with Gasteiger partial charge in [0.1, 0.15) is 0 Å². The van der Waals surface area contributed by atoms with Crippen LogP contribution in [-0.4, -0.2) is 40.5 Å². The molecule has 0 aromatic carbocycles. The highest BCUT2D eigenvalue weighted by Gasteiger charge is 2.27. The summed E-state index contributed by atoms with van der Waals surface area (Å²) in [5.74, 6) is 0.184. The molecule has 4 heterocycles. The Labute approximate surface area is 155 Å². The number of nitrogens with one attached hydrogen (secondary N) is 1. The number of hydrogen-bond acceptors (Lipinski definition) is 7. The third-order valence-corrected chi connectivity index (χ3v) is 5.48. The third-order valence-electron chi connectivity index (χ3n) is 4.64. The van der Waals surface area contributed by atoms with Crippen molar-refractivity contribution in [2.45, 2.75) is 26.2 Å². The van der Waals surface area contributed by atoms with E-state index in [0.29, 0.717) is 23.8 Å². The molecule has 0 saturated carbocycles. The molecule has 1 aliphatic heterocycles. The molecule has 136 valence electrons. The molecule has 4 rings (SSSR count). The van der Waals surface area contributed by atoms with E-state index >= 15 is 0 Å². The fourth-order valence-corrected chi connectivity index (χ4v) is 3.80. The van der Waals surface area contributed by atoms with E-state index in [4.69, 9.17) is 4.42 Å². The monoisotopic (exact) mass is 371 g/mol. The van der Waals surface area contributed by atoms with Gasteiger partial charge in [-0.15, -0.1) is 11.3 Å². The van der Waals surface area contributed by atoms with Crippen molar-refractivity contribution >= 4 is 34.5 Å². The number of amides is 1. The van der Waals surface area contributed by atoms with Crippen LogP contribution in [0.1, 0.15) is 23.5 Å². The standard InChI is InChI=1S/C18H21N5O2S/c1-12-2-3-14-16(21-12)22-18(25-14)23-9-5-13(6-10-23)17(24)20-7-4-15-19-8-11-26-15/h2-3,8,11,13H,4-7,9-10H2,1H3,(H,20,24). The summed E-state index contributed by atoms with van der Waals surface area (Å²) < 4.78 is 5.81. The number of rotatable bonds is 5. The molecule has 0 radical (unpaired) electrons. The van der Waals surface area contributed by atoms with Gasteiger partial charge in [-0.2, -0.15) is 4.98 Å². The fraction of sp³-hybridized carbons (Fsp3) is 0.444. The Balaban J connectivity index is 1.29. The fourth-order valence-electron chi connectivity index (χ4n) is 3.18. The van der Waals surface area contributed by atoms with Gasteiger partial charge in [0.15, 0.2) is 5.58 Å². The molecular weight excluding hydrogens is 350 g/mol. The minimum Gasteiger partial charge on any atom is -0.422 e. The maximum Gasteiger partial charge on any atom is 0.299 e. The summed E-state index contributed by atoms with van der Waals surface area (Å²) in [5.41, 5.74) is 2.26. The van der Waals surface area contributed by atoms with Gasteiger partial charge in [-0.25, -0.2) is 9.97 Å². The number of piperidine rings is 1. The largest absolute Gasteiger partial charge is 0.422 e. The zero-order chi connectivity index (χ0) is 17.9. The van der Waals surface area contributed by atoms with Crippen LogP contribution in [0.5, 0.6) is 0 Å². The quantitative estimate of drug-likeness (QED) is 0.742. The highest BCUT2D eigenvalue weighted by Crippen LogP contribution is 2.26. The Morgan fingerprint density at radius 1 is 1.35 bits per heavy atom. The van der Waals surface area contributed by atoms with Gasteiger partial charge in [0.2, 0.25) is 11.6 Å². The molecule has 1 saturated heterocycles. The molecular formula is C18H21N5O2S. The molecule has 26 heavy (non-hydrogen) atoms. The molecule has 0 spiro atoms. The van der Waals surface area contributed by atoms with Crippen molar-refractivity contribution in [2.75, 3.05) is 24.5 Å². The second kappa shape index (κ2) is 7.41. The van der Waals surface area contributed by atoms with E-state index in [2.05, 4.69) is 25.2 Å². The number of hydrogen-bond donors (Lipinski definition) is 1. The molecule has 1 fully saturated rings. The number of aryl methyl sites for hydroxylation is 1. The lowest BCUT2D eigenvalue weighted by molar-refractivity contribution is -0.125. The molecule has 1 amide bonds. The second-order valence-corrected chi connectivity index (χ2v) is 7.48. The van der Waals surface area contributed by atoms with Crippen LogP contribution >= 0.6 is 11.3 Å². The predicted molar refractivity (Wildman–Crippen MR) is 100 cm³/mol. The van der Waals surface area contributed by atoms with Crippen LogP contribution in [0.15, 0.2) is 28.1 Å². The van der Waals surface area contributed by atoms with Crippen molar-refractivity contribution in [2.24, 2.45) is 5.92 Å². The maximum absolute atomic E-state index is 12.4. The number of aromatic nitrogens is 3. The van der Waals surface area contributed by atoms with Crippen LogP contribution in [-0.2, 0) is 11.2 Å². The third kappa shape index (κ3) is 3.70. The van der Waals surface area contributed by atoms with Gasteiger partial charge in [-0.3, -0.25) is 4.79 Å². The first-order chi connectivity index (χ1) is 12.7. The second-order valence-electron chi connectivity index (χ2n) is 6.50. The average molecular weight is 371 g/mol.